The zero-order valence-corrected chi connectivity index (χ0v) is 20.9. The molecule has 0 aromatic heterocycles. The van der Waals surface area contributed by atoms with Crippen LogP contribution in [-0.2, 0) is 9.59 Å². The number of halogens is 1. The summed E-state index contributed by atoms with van der Waals surface area (Å²) >= 11 is 6.36. The first-order valence-electron chi connectivity index (χ1n) is 11.0. The van der Waals surface area contributed by atoms with Crippen molar-refractivity contribution in [1.82, 2.24) is 0 Å². The van der Waals surface area contributed by atoms with Crippen molar-refractivity contribution in [2.75, 3.05) is 19.1 Å². The number of hydrogen-bond donors (Lipinski definition) is 1. The highest BCUT2D eigenvalue weighted by Gasteiger charge is 2.47. The maximum atomic E-state index is 13.4. The molecule has 3 aromatic carbocycles. The molecule has 1 saturated heterocycles. The molecule has 0 saturated carbocycles. The van der Waals surface area contributed by atoms with E-state index in [-0.39, 0.29) is 27.7 Å². The Labute approximate surface area is 209 Å². The number of carbonyl (C=O) groups is 2. The first-order chi connectivity index (χ1) is 16.7. The second-order valence-electron chi connectivity index (χ2n) is 8.54. The largest absolute Gasteiger partial charge is 0.507 e. The lowest BCUT2D eigenvalue weighted by atomic mass is 9.94. The summed E-state index contributed by atoms with van der Waals surface area (Å²) in [6.07, 6.45) is 0. The number of aryl methyl sites for hydroxylation is 3. The summed E-state index contributed by atoms with van der Waals surface area (Å²) in [5.74, 6) is -1.11. The first-order valence-corrected chi connectivity index (χ1v) is 11.4. The lowest BCUT2D eigenvalue weighted by molar-refractivity contribution is -0.132. The van der Waals surface area contributed by atoms with Gasteiger partial charge in [-0.2, -0.15) is 0 Å². The Morgan fingerprint density at radius 3 is 2.34 bits per heavy atom. The Kier molecular flexibility index (Phi) is 6.59. The summed E-state index contributed by atoms with van der Waals surface area (Å²) in [4.78, 5) is 28.3. The number of anilines is 1. The van der Waals surface area contributed by atoms with Gasteiger partial charge in [0.05, 0.1) is 36.4 Å². The van der Waals surface area contributed by atoms with Gasteiger partial charge in [-0.05, 0) is 79.4 Å². The summed E-state index contributed by atoms with van der Waals surface area (Å²) in [5, 5.41) is 11.8. The fraction of sp³-hybridized carbons (Fsp3) is 0.214. The Morgan fingerprint density at radius 2 is 1.69 bits per heavy atom. The van der Waals surface area contributed by atoms with Gasteiger partial charge in [0.15, 0.2) is 0 Å². The Hall–Kier alpha value is -3.77. The average Bonchev–Trinajstić information content (AvgIpc) is 3.10. The molecule has 0 radical (unpaired) electrons. The zero-order valence-electron chi connectivity index (χ0n) is 20.2. The number of Topliss-reactive ketones (excluding diaryl/α,β-unsaturated/α-hetero) is 1. The Balaban J connectivity index is 2.03. The lowest BCUT2D eigenvalue weighted by Gasteiger charge is -2.26. The number of ketones is 1. The molecule has 0 spiro atoms. The van der Waals surface area contributed by atoms with Gasteiger partial charge < -0.3 is 14.6 Å². The van der Waals surface area contributed by atoms with E-state index in [1.807, 2.05) is 32.9 Å². The molecule has 1 fully saturated rings. The van der Waals surface area contributed by atoms with Gasteiger partial charge in [0, 0.05) is 5.69 Å². The predicted octanol–water partition coefficient (Wildman–Crippen LogP) is 5.91. The van der Waals surface area contributed by atoms with Crippen LogP contribution in [0.3, 0.4) is 0 Å². The fourth-order valence-electron chi connectivity index (χ4n) is 4.36. The number of methoxy groups -OCH3 is 2. The van der Waals surface area contributed by atoms with Crippen LogP contribution in [0.2, 0.25) is 5.02 Å². The van der Waals surface area contributed by atoms with E-state index in [0.29, 0.717) is 17.0 Å². The summed E-state index contributed by atoms with van der Waals surface area (Å²) < 4.78 is 10.8. The standard InChI is InChI=1S/C28H26ClNO5/c1-15-11-21(27(35-5)22(29)12-15)25(31)23-24(18-7-6-8-20(14-18)34-4)30(28(33)26(23)32)19-10-9-16(2)17(3)13-19/h6-14,24,31H,1-5H3/b25-23+. The zero-order chi connectivity index (χ0) is 25.4. The maximum Gasteiger partial charge on any atom is 0.300 e. The normalized spacial score (nSPS) is 17.1. The third-order valence-electron chi connectivity index (χ3n) is 6.27. The number of hydrogen-bond acceptors (Lipinski definition) is 5. The number of carbonyl (C=O) groups excluding carboxylic acids is 2. The van der Waals surface area contributed by atoms with Crippen molar-refractivity contribution in [3.63, 3.8) is 0 Å². The van der Waals surface area contributed by atoms with Gasteiger partial charge in [0.2, 0.25) is 0 Å². The molecule has 1 aliphatic rings. The molecular formula is C28H26ClNO5. The molecule has 4 rings (SSSR count). The van der Waals surface area contributed by atoms with Crippen LogP contribution in [0.1, 0.15) is 33.9 Å². The third kappa shape index (κ3) is 4.26. The molecule has 0 bridgehead atoms. The van der Waals surface area contributed by atoms with Gasteiger partial charge in [-0.1, -0.05) is 29.8 Å². The topological polar surface area (TPSA) is 76.1 Å². The van der Waals surface area contributed by atoms with Crippen LogP contribution in [0, 0.1) is 20.8 Å². The van der Waals surface area contributed by atoms with Crippen LogP contribution >= 0.6 is 11.6 Å². The highest BCUT2D eigenvalue weighted by Crippen LogP contribution is 2.45. The quantitative estimate of drug-likeness (QED) is 0.273. The van der Waals surface area contributed by atoms with Crippen molar-refractivity contribution in [3.05, 3.63) is 93.0 Å². The van der Waals surface area contributed by atoms with E-state index >= 15 is 0 Å². The number of benzene rings is 3. The van der Waals surface area contributed by atoms with E-state index < -0.39 is 17.7 Å². The highest BCUT2D eigenvalue weighted by molar-refractivity contribution is 6.51. The van der Waals surface area contributed by atoms with Crippen LogP contribution in [0.4, 0.5) is 5.69 Å². The second-order valence-corrected chi connectivity index (χ2v) is 8.95. The first kappa shape index (κ1) is 24.4. The summed E-state index contributed by atoms with van der Waals surface area (Å²) in [6.45, 7) is 5.73. The summed E-state index contributed by atoms with van der Waals surface area (Å²) in [7, 11) is 2.97. The minimum absolute atomic E-state index is 0.0542. The number of amides is 1. The smallest absolute Gasteiger partial charge is 0.300 e. The second kappa shape index (κ2) is 9.47. The van der Waals surface area contributed by atoms with Crippen LogP contribution in [0.25, 0.3) is 5.76 Å². The van der Waals surface area contributed by atoms with E-state index in [0.717, 1.165) is 16.7 Å². The molecule has 1 aliphatic heterocycles. The van der Waals surface area contributed by atoms with Crippen LogP contribution in [0.5, 0.6) is 11.5 Å². The van der Waals surface area contributed by atoms with Crippen LogP contribution < -0.4 is 14.4 Å². The molecule has 7 heteroatoms. The molecule has 0 aliphatic carbocycles. The molecule has 6 nitrogen and oxygen atoms in total. The monoisotopic (exact) mass is 491 g/mol. The summed E-state index contributed by atoms with van der Waals surface area (Å²) in [6, 6.07) is 15.1. The van der Waals surface area contributed by atoms with Gasteiger partial charge in [0.25, 0.3) is 11.7 Å². The number of aliphatic hydroxyl groups excluding tert-OH is 1. The average molecular weight is 492 g/mol. The molecule has 3 aromatic rings. The van der Waals surface area contributed by atoms with Gasteiger partial charge in [0.1, 0.15) is 17.3 Å². The SMILES string of the molecule is COc1cccc(C2/C(=C(\O)c3cc(C)cc(Cl)c3OC)C(=O)C(=O)N2c2ccc(C)c(C)c2)c1. The minimum Gasteiger partial charge on any atom is -0.507 e. The predicted molar refractivity (Wildman–Crippen MR) is 136 cm³/mol. The van der Waals surface area contributed by atoms with Gasteiger partial charge >= 0.3 is 0 Å². The minimum atomic E-state index is -0.892. The number of aliphatic hydroxyl groups is 1. The van der Waals surface area contributed by atoms with Crippen LogP contribution in [0.15, 0.2) is 60.2 Å². The Bertz CT molecular complexity index is 1380. The van der Waals surface area contributed by atoms with Crippen molar-refractivity contribution in [2.24, 2.45) is 0 Å². The summed E-state index contributed by atoms with van der Waals surface area (Å²) in [5.41, 5.74) is 4.14. The van der Waals surface area contributed by atoms with E-state index in [2.05, 4.69) is 0 Å². The molecule has 1 unspecified atom stereocenters. The molecule has 35 heavy (non-hydrogen) atoms. The van der Waals surface area contributed by atoms with E-state index in [1.54, 1.807) is 49.6 Å². The van der Waals surface area contributed by atoms with Gasteiger partial charge in [-0.3, -0.25) is 14.5 Å². The highest BCUT2D eigenvalue weighted by atomic mass is 35.5. The van der Waals surface area contributed by atoms with E-state index in [1.165, 1.54) is 12.0 Å². The number of rotatable bonds is 5. The molecule has 1 atom stereocenters. The van der Waals surface area contributed by atoms with Crippen molar-refractivity contribution in [3.8, 4) is 11.5 Å². The number of nitrogens with zero attached hydrogens (tertiary/aromatic N) is 1. The van der Waals surface area contributed by atoms with E-state index in [9.17, 15) is 14.7 Å². The van der Waals surface area contributed by atoms with Crippen molar-refractivity contribution in [1.29, 1.82) is 0 Å². The molecule has 1 heterocycles. The van der Waals surface area contributed by atoms with Gasteiger partial charge in [-0.15, -0.1) is 0 Å². The Morgan fingerprint density at radius 1 is 0.943 bits per heavy atom. The number of ether oxygens (including phenoxy) is 2. The maximum absolute atomic E-state index is 13.4. The lowest BCUT2D eigenvalue weighted by Crippen LogP contribution is -2.29. The van der Waals surface area contributed by atoms with Gasteiger partial charge in [-0.25, -0.2) is 0 Å². The third-order valence-corrected chi connectivity index (χ3v) is 6.55. The molecular weight excluding hydrogens is 466 g/mol. The fourth-order valence-corrected chi connectivity index (χ4v) is 4.71. The van der Waals surface area contributed by atoms with Crippen molar-refractivity contribution < 1.29 is 24.2 Å². The molecule has 180 valence electrons. The van der Waals surface area contributed by atoms with Crippen LogP contribution in [-0.4, -0.2) is 31.0 Å². The molecule has 1 amide bonds. The van der Waals surface area contributed by atoms with E-state index in [4.69, 9.17) is 21.1 Å². The van der Waals surface area contributed by atoms with Crippen molar-refractivity contribution >= 4 is 34.7 Å². The molecule has 1 N–H and O–H groups in total. The van der Waals surface area contributed by atoms with Crippen molar-refractivity contribution in [2.45, 2.75) is 26.8 Å².